The van der Waals surface area contributed by atoms with Crippen LogP contribution in [0.1, 0.15) is 18.4 Å². The summed E-state index contributed by atoms with van der Waals surface area (Å²) in [5, 5.41) is 6.22. The first kappa shape index (κ1) is 15.8. The van der Waals surface area contributed by atoms with Crippen LogP contribution in [0.3, 0.4) is 0 Å². The van der Waals surface area contributed by atoms with Crippen molar-refractivity contribution in [3.8, 4) is 5.75 Å². The monoisotopic (exact) mass is 284 g/mol. The van der Waals surface area contributed by atoms with E-state index in [9.17, 15) is 4.79 Å². The number of hydrogen-bond acceptors (Lipinski definition) is 3. The van der Waals surface area contributed by atoms with Gasteiger partial charge in [-0.2, -0.15) is 0 Å². The Morgan fingerprint density at radius 2 is 2.16 bits per heavy atom. The fourth-order valence-corrected chi connectivity index (χ4v) is 2.00. The largest absolute Gasteiger partial charge is 0.484 e. The molecule has 0 spiro atoms. The van der Waals surface area contributed by atoms with E-state index in [-0.39, 0.29) is 24.9 Å². The first-order valence-electron chi connectivity index (χ1n) is 6.43. The Labute approximate surface area is 120 Å². The number of aryl methyl sites for hydroxylation is 1. The van der Waals surface area contributed by atoms with Crippen molar-refractivity contribution in [3.05, 3.63) is 29.8 Å². The van der Waals surface area contributed by atoms with Crippen LogP contribution in [0.4, 0.5) is 0 Å². The molecule has 0 aliphatic carbocycles. The van der Waals surface area contributed by atoms with Gasteiger partial charge in [0.05, 0.1) is 0 Å². The quantitative estimate of drug-likeness (QED) is 0.865. The minimum absolute atomic E-state index is 0. The molecule has 106 valence electrons. The molecule has 1 aromatic rings. The summed E-state index contributed by atoms with van der Waals surface area (Å²) in [5.74, 6) is 0.666. The molecule has 1 fully saturated rings. The van der Waals surface area contributed by atoms with Crippen molar-refractivity contribution < 1.29 is 9.53 Å². The number of amides is 1. The van der Waals surface area contributed by atoms with Crippen LogP contribution in [0.5, 0.6) is 5.75 Å². The lowest BCUT2D eigenvalue weighted by Gasteiger charge is -2.12. The van der Waals surface area contributed by atoms with E-state index >= 15 is 0 Å². The molecule has 5 heteroatoms. The number of nitrogens with one attached hydrogen (secondary N) is 2. The van der Waals surface area contributed by atoms with Gasteiger partial charge in [-0.25, -0.2) is 0 Å². The molecule has 0 radical (unpaired) electrons. The molecule has 1 amide bonds. The number of rotatable bonds is 5. The third kappa shape index (κ3) is 5.49. The smallest absolute Gasteiger partial charge is 0.257 e. The predicted octanol–water partition coefficient (Wildman–Crippen LogP) is 1.66. The van der Waals surface area contributed by atoms with Crippen molar-refractivity contribution in [1.29, 1.82) is 0 Å². The summed E-state index contributed by atoms with van der Waals surface area (Å²) in [6.07, 6.45) is 2.33. The lowest BCUT2D eigenvalue weighted by molar-refractivity contribution is -0.123. The molecular weight excluding hydrogens is 264 g/mol. The Bertz CT molecular complexity index is 389. The van der Waals surface area contributed by atoms with Crippen LogP contribution in [0, 0.1) is 6.92 Å². The lowest BCUT2D eigenvalue weighted by atomic mass is 10.2. The molecule has 1 heterocycles. The van der Waals surface area contributed by atoms with Crippen LogP contribution in [0.2, 0.25) is 0 Å². The van der Waals surface area contributed by atoms with Gasteiger partial charge in [-0.1, -0.05) is 17.7 Å². The van der Waals surface area contributed by atoms with Crippen LogP contribution in [-0.2, 0) is 4.79 Å². The van der Waals surface area contributed by atoms with E-state index in [0.29, 0.717) is 12.6 Å². The Morgan fingerprint density at radius 1 is 1.42 bits per heavy atom. The highest BCUT2D eigenvalue weighted by Crippen LogP contribution is 2.10. The van der Waals surface area contributed by atoms with E-state index in [1.165, 1.54) is 12.0 Å². The SMILES string of the molecule is Cc1ccc(OCC(=O)NCC2CCCN2)cc1.Cl. The van der Waals surface area contributed by atoms with Gasteiger partial charge in [0, 0.05) is 12.6 Å². The maximum absolute atomic E-state index is 11.6. The first-order valence-corrected chi connectivity index (χ1v) is 6.43. The van der Waals surface area contributed by atoms with Gasteiger partial charge in [-0.05, 0) is 38.4 Å². The van der Waals surface area contributed by atoms with Crippen LogP contribution >= 0.6 is 12.4 Å². The van der Waals surface area contributed by atoms with E-state index in [0.717, 1.165) is 18.7 Å². The van der Waals surface area contributed by atoms with Crippen LogP contribution in [-0.4, -0.2) is 31.6 Å². The zero-order valence-corrected chi connectivity index (χ0v) is 12.0. The van der Waals surface area contributed by atoms with E-state index in [1.54, 1.807) is 0 Å². The van der Waals surface area contributed by atoms with Crippen LogP contribution in [0.15, 0.2) is 24.3 Å². The molecule has 2 N–H and O–H groups in total. The van der Waals surface area contributed by atoms with Gasteiger partial charge >= 0.3 is 0 Å². The predicted molar refractivity (Wildman–Crippen MR) is 78.0 cm³/mol. The second-order valence-corrected chi connectivity index (χ2v) is 4.70. The van der Waals surface area contributed by atoms with Crippen LogP contribution in [0.25, 0.3) is 0 Å². The van der Waals surface area contributed by atoms with E-state index < -0.39 is 0 Å². The van der Waals surface area contributed by atoms with Crippen molar-refractivity contribution in [1.82, 2.24) is 10.6 Å². The van der Waals surface area contributed by atoms with Crippen molar-refractivity contribution in [2.45, 2.75) is 25.8 Å². The van der Waals surface area contributed by atoms with E-state index in [1.807, 2.05) is 31.2 Å². The topological polar surface area (TPSA) is 50.4 Å². The summed E-state index contributed by atoms with van der Waals surface area (Å²) in [4.78, 5) is 11.6. The maximum Gasteiger partial charge on any atom is 0.257 e. The van der Waals surface area contributed by atoms with Gasteiger partial charge < -0.3 is 15.4 Å². The number of carbonyl (C=O) groups excluding carboxylic acids is 1. The Kier molecular flexibility index (Phi) is 6.67. The summed E-state index contributed by atoms with van der Waals surface area (Å²) >= 11 is 0. The molecule has 2 rings (SSSR count). The van der Waals surface area contributed by atoms with E-state index in [2.05, 4.69) is 10.6 Å². The normalized spacial score (nSPS) is 17.6. The zero-order chi connectivity index (χ0) is 12.8. The summed E-state index contributed by atoms with van der Waals surface area (Å²) in [6.45, 7) is 3.84. The van der Waals surface area contributed by atoms with Crippen molar-refractivity contribution >= 4 is 18.3 Å². The van der Waals surface area contributed by atoms with Gasteiger partial charge in [0.2, 0.25) is 0 Å². The Balaban J connectivity index is 0.00000180. The highest BCUT2D eigenvalue weighted by molar-refractivity contribution is 5.85. The van der Waals surface area contributed by atoms with Gasteiger partial charge in [0.25, 0.3) is 5.91 Å². The second kappa shape index (κ2) is 8.02. The van der Waals surface area contributed by atoms with Crippen molar-refractivity contribution in [2.24, 2.45) is 0 Å². The van der Waals surface area contributed by atoms with Gasteiger partial charge in [0.15, 0.2) is 6.61 Å². The van der Waals surface area contributed by atoms with E-state index in [4.69, 9.17) is 4.74 Å². The molecule has 19 heavy (non-hydrogen) atoms. The fraction of sp³-hybridized carbons (Fsp3) is 0.500. The number of halogens is 1. The highest BCUT2D eigenvalue weighted by atomic mass is 35.5. The minimum atomic E-state index is -0.0655. The number of benzene rings is 1. The lowest BCUT2D eigenvalue weighted by Crippen LogP contribution is -2.39. The molecule has 0 aromatic heterocycles. The average Bonchev–Trinajstić information content (AvgIpc) is 2.89. The molecule has 0 bridgehead atoms. The van der Waals surface area contributed by atoms with Crippen molar-refractivity contribution in [2.75, 3.05) is 19.7 Å². The second-order valence-electron chi connectivity index (χ2n) is 4.70. The van der Waals surface area contributed by atoms with Crippen molar-refractivity contribution in [3.63, 3.8) is 0 Å². The maximum atomic E-state index is 11.6. The Hall–Kier alpha value is -1.26. The molecule has 1 aliphatic heterocycles. The summed E-state index contributed by atoms with van der Waals surface area (Å²) < 4.78 is 5.41. The third-order valence-electron chi connectivity index (χ3n) is 3.10. The minimum Gasteiger partial charge on any atom is -0.484 e. The molecule has 4 nitrogen and oxygen atoms in total. The van der Waals surface area contributed by atoms with Crippen LogP contribution < -0.4 is 15.4 Å². The Morgan fingerprint density at radius 3 is 2.79 bits per heavy atom. The number of ether oxygens (including phenoxy) is 1. The molecule has 1 atom stereocenters. The summed E-state index contributed by atoms with van der Waals surface area (Å²) in [6, 6.07) is 8.11. The molecule has 1 saturated heterocycles. The standard InChI is InChI=1S/C14H20N2O2.ClH/c1-11-4-6-13(7-5-11)18-10-14(17)16-9-12-3-2-8-15-12;/h4-7,12,15H,2-3,8-10H2,1H3,(H,16,17);1H. The summed E-state index contributed by atoms with van der Waals surface area (Å²) in [5.41, 5.74) is 1.18. The molecular formula is C14H21ClN2O2. The number of hydrogen-bond donors (Lipinski definition) is 2. The molecule has 0 saturated carbocycles. The molecule has 1 unspecified atom stereocenters. The first-order chi connectivity index (χ1) is 8.74. The van der Waals surface area contributed by atoms with Gasteiger partial charge in [0.1, 0.15) is 5.75 Å². The van der Waals surface area contributed by atoms with Gasteiger partial charge in [-0.3, -0.25) is 4.79 Å². The molecule has 1 aromatic carbocycles. The molecule has 1 aliphatic rings. The van der Waals surface area contributed by atoms with Gasteiger partial charge in [-0.15, -0.1) is 12.4 Å². The fourth-order valence-electron chi connectivity index (χ4n) is 2.00. The third-order valence-corrected chi connectivity index (χ3v) is 3.10. The highest BCUT2D eigenvalue weighted by Gasteiger charge is 2.14. The average molecular weight is 285 g/mol. The summed E-state index contributed by atoms with van der Waals surface area (Å²) in [7, 11) is 0. The zero-order valence-electron chi connectivity index (χ0n) is 11.1. The number of carbonyl (C=O) groups is 1.